The van der Waals surface area contributed by atoms with E-state index in [4.69, 9.17) is 0 Å². The smallest absolute Gasteiger partial charge is 0.151 e. The van der Waals surface area contributed by atoms with Gasteiger partial charge < -0.3 is 10.2 Å². The minimum absolute atomic E-state index is 0.239. The van der Waals surface area contributed by atoms with Crippen LogP contribution >= 0.6 is 0 Å². The molecule has 1 aliphatic heterocycles. The third-order valence-electron chi connectivity index (χ3n) is 4.38. The molecule has 1 saturated heterocycles. The van der Waals surface area contributed by atoms with Gasteiger partial charge in [0.15, 0.2) is 9.84 Å². The zero-order valence-corrected chi connectivity index (χ0v) is 12.2. The number of hydrogen-bond donors (Lipinski definition) is 1. The summed E-state index contributed by atoms with van der Waals surface area (Å²) in [5.74, 6) is 1.60. The summed E-state index contributed by atoms with van der Waals surface area (Å²) in [4.78, 5) is 2.20. The Kier molecular flexibility index (Phi) is 5.04. The Morgan fingerprint density at radius 3 is 2.56 bits per heavy atom. The molecule has 106 valence electrons. The Labute approximate surface area is 111 Å². The number of sulfone groups is 1. The van der Waals surface area contributed by atoms with Crippen LogP contribution in [-0.2, 0) is 9.84 Å². The van der Waals surface area contributed by atoms with E-state index in [1.54, 1.807) is 0 Å². The molecule has 2 rings (SSSR count). The summed E-state index contributed by atoms with van der Waals surface area (Å²) in [5.41, 5.74) is 0. The molecule has 0 bridgehead atoms. The maximum atomic E-state index is 11.4. The lowest BCUT2D eigenvalue weighted by Gasteiger charge is -2.23. The van der Waals surface area contributed by atoms with E-state index in [2.05, 4.69) is 10.2 Å². The van der Waals surface area contributed by atoms with Crippen molar-refractivity contribution in [1.29, 1.82) is 0 Å². The molecule has 1 unspecified atom stereocenters. The van der Waals surface area contributed by atoms with Crippen molar-refractivity contribution in [3.63, 3.8) is 0 Å². The highest BCUT2D eigenvalue weighted by molar-refractivity contribution is 7.91. The summed E-state index contributed by atoms with van der Waals surface area (Å²) in [5, 5.41) is 3.51. The molecular weight excluding hydrogens is 248 g/mol. The van der Waals surface area contributed by atoms with Crippen LogP contribution in [0.1, 0.15) is 32.1 Å². The fourth-order valence-electron chi connectivity index (χ4n) is 3.08. The predicted octanol–water partition coefficient (Wildman–Crippen LogP) is 0.885. The number of likely N-dealkylation sites (N-methyl/N-ethyl adjacent to an activating group) is 1. The summed E-state index contributed by atoms with van der Waals surface area (Å²) in [6, 6.07) is 0.239. The largest absolute Gasteiger partial charge is 0.315 e. The van der Waals surface area contributed by atoms with Gasteiger partial charge in [-0.2, -0.15) is 0 Å². The average Bonchev–Trinajstić information content (AvgIpc) is 2.93. The van der Waals surface area contributed by atoms with Crippen LogP contribution in [0.25, 0.3) is 0 Å². The molecule has 1 heterocycles. The van der Waals surface area contributed by atoms with Crippen LogP contribution in [0.5, 0.6) is 0 Å². The van der Waals surface area contributed by atoms with E-state index in [1.807, 2.05) is 7.05 Å². The van der Waals surface area contributed by atoms with Crippen LogP contribution in [0.15, 0.2) is 0 Å². The lowest BCUT2D eigenvalue weighted by molar-refractivity contribution is 0.260. The second-order valence-electron chi connectivity index (χ2n) is 5.89. The molecule has 0 spiro atoms. The standard InChI is InChI=1S/C13H26N2O2S/c1-15(13-6-9-18(16,17)11-13)8-7-14-10-12-4-2-3-5-12/h12-14H,2-11H2,1H3. The van der Waals surface area contributed by atoms with Gasteiger partial charge in [0.2, 0.25) is 0 Å². The van der Waals surface area contributed by atoms with Crippen molar-refractivity contribution >= 4 is 9.84 Å². The summed E-state index contributed by atoms with van der Waals surface area (Å²) >= 11 is 0. The molecule has 4 nitrogen and oxygen atoms in total. The summed E-state index contributed by atoms with van der Waals surface area (Å²) in [6.45, 7) is 3.06. The minimum atomic E-state index is -2.75. The fourth-order valence-corrected chi connectivity index (χ4v) is 4.89. The van der Waals surface area contributed by atoms with Gasteiger partial charge in [0.05, 0.1) is 11.5 Å². The van der Waals surface area contributed by atoms with Gasteiger partial charge in [0.25, 0.3) is 0 Å². The normalized spacial score (nSPS) is 28.2. The molecule has 0 aromatic carbocycles. The molecular formula is C13H26N2O2S. The first-order valence-electron chi connectivity index (χ1n) is 7.18. The molecule has 2 fully saturated rings. The zero-order chi connectivity index (χ0) is 13.0. The molecule has 0 radical (unpaired) electrons. The highest BCUT2D eigenvalue weighted by atomic mass is 32.2. The first kappa shape index (κ1) is 14.3. The number of nitrogens with zero attached hydrogens (tertiary/aromatic N) is 1. The van der Waals surface area contributed by atoms with Gasteiger partial charge in [-0.05, 0) is 38.8 Å². The Morgan fingerprint density at radius 2 is 1.94 bits per heavy atom. The molecule has 1 saturated carbocycles. The predicted molar refractivity (Wildman–Crippen MR) is 74.5 cm³/mol. The quantitative estimate of drug-likeness (QED) is 0.731. The molecule has 0 aromatic heterocycles. The van der Waals surface area contributed by atoms with Crippen LogP contribution in [0.4, 0.5) is 0 Å². The first-order valence-corrected chi connectivity index (χ1v) is 9.00. The van der Waals surface area contributed by atoms with Crippen LogP contribution in [0.2, 0.25) is 0 Å². The summed E-state index contributed by atoms with van der Waals surface area (Å²) in [6.07, 6.45) is 6.35. The molecule has 2 aliphatic rings. The molecule has 0 amide bonds. The van der Waals surface area contributed by atoms with E-state index < -0.39 is 9.84 Å². The van der Waals surface area contributed by atoms with E-state index in [-0.39, 0.29) is 6.04 Å². The van der Waals surface area contributed by atoms with Gasteiger partial charge in [0, 0.05) is 19.1 Å². The second-order valence-corrected chi connectivity index (χ2v) is 8.12. The summed E-state index contributed by atoms with van der Waals surface area (Å²) in [7, 11) is -0.702. The van der Waals surface area contributed by atoms with Gasteiger partial charge in [-0.15, -0.1) is 0 Å². The first-order chi connectivity index (χ1) is 8.57. The highest BCUT2D eigenvalue weighted by Gasteiger charge is 2.30. The van der Waals surface area contributed by atoms with Crippen molar-refractivity contribution in [1.82, 2.24) is 10.2 Å². The van der Waals surface area contributed by atoms with Gasteiger partial charge >= 0.3 is 0 Å². The fraction of sp³-hybridized carbons (Fsp3) is 1.00. The third-order valence-corrected chi connectivity index (χ3v) is 6.13. The van der Waals surface area contributed by atoms with Gasteiger partial charge in [0.1, 0.15) is 0 Å². The van der Waals surface area contributed by atoms with E-state index in [0.717, 1.165) is 32.0 Å². The van der Waals surface area contributed by atoms with E-state index in [1.165, 1.54) is 25.7 Å². The van der Waals surface area contributed by atoms with Crippen LogP contribution in [0, 0.1) is 5.92 Å². The zero-order valence-electron chi connectivity index (χ0n) is 11.4. The molecule has 1 aliphatic carbocycles. The van der Waals surface area contributed by atoms with Crippen molar-refractivity contribution in [2.24, 2.45) is 5.92 Å². The van der Waals surface area contributed by atoms with E-state index in [9.17, 15) is 8.42 Å². The number of hydrogen-bond acceptors (Lipinski definition) is 4. The lowest BCUT2D eigenvalue weighted by Crippen LogP contribution is -2.38. The monoisotopic (exact) mass is 274 g/mol. The average molecular weight is 274 g/mol. The second kappa shape index (κ2) is 6.35. The molecule has 18 heavy (non-hydrogen) atoms. The molecule has 1 N–H and O–H groups in total. The Morgan fingerprint density at radius 1 is 1.22 bits per heavy atom. The maximum absolute atomic E-state index is 11.4. The van der Waals surface area contributed by atoms with Crippen LogP contribution < -0.4 is 5.32 Å². The molecule has 0 aromatic rings. The van der Waals surface area contributed by atoms with E-state index >= 15 is 0 Å². The Balaban J connectivity index is 1.58. The topological polar surface area (TPSA) is 49.4 Å². The Hall–Kier alpha value is -0.130. The number of rotatable bonds is 6. The maximum Gasteiger partial charge on any atom is 0.151 e. The van der Waals surface area contributed by atoms with Gasteiger partial charge in [-0.25, -0.2) is 8.42 Å². The Bertz CT molecular complexity index is 350. The van der Waals surface area contributed by atoms with Crippen molar-refractivity contribution in [2.75, 3.05) is 38.2 Å². The SMILES string of the molecule is CN(CCNCC1CCCC1)C1CCS(=O)(=O)C1. The lowest BCUT2D eigenvalue weighted by atomic mass is 10.1. The summed E-state index contributed by atoms with van der Waals surface area (Å²) < 4.78 is 22.8. The molecule has 1 atom stereocenters. The van der Waals surface area contributed by atoms with Crippen LogP contribution in [-0.4, -0.2) is 57.5 Å². The highest BCUT2D eigenvalue weighted by Crippen LogP contribution is 2.23. The van der Waals surface area contributed by atoms with Crippen molar-refractivity contribution in [3.05, 3.63) is 0 Å². The van der Waals surface area contributed by atoms with Gasteiger partial charge in [-0.1, -0.05) is 12.8 Å². The van der Waals surface area contributed by atoms with Crippen molar-refractivity contribution < 1.29 is 8.42 Å². The number of nitrogens with one attached hydrogen (secondary N) is 1. The van der Waals surface area contributed by atoms with Crippen LogP contribution in [0.3, 0.4) is 0 Å². The van der Waals surface area contributed by atoms with Gasteiger partial charge in [-0.3, -0.25) is 0 Å². The van der Waals surface area contributed by atoms with E-state index in [0.29, 0.717) is 11.5 Å². The third kappa shape index (κ3) is 4.21. The van der Waals surface area contributed by atoms with Crippen molar-refractivity contribution in [2.45, 2.75) is 38.1 Å². The van der Waals surface area contributed by atoms with Crippen molar-refractivity contribution in [3.8, 4) is 0 Å². The minimum Gasteiger partial charge on any atom is -0.315 e. The molecule has 5 heteroatoms.